The van der Waals surface area contributed by atoms with Crippen LogP contribution in [-0.2, 0) is 10.0 Å². The number of nitrogens with one attached hydrogen (secondary N) is 2. The highest BCUT2D eigenvalue weighted by Crippen LogP contribution is 2.25. The van der Waals surface area contributed by atoms with Crippen LogP contribution in [0.5, 0.6) is 0 Å². The van der Waals surface area contributed by atoms with Gasteiger partial charge >= 0.3 is 0 Å². The minimum atomic E-state index is -3.70. The molecular weight excluding hydrogens is 366 g/mol. The summed E-state index contributed by atoms with van der Waals surface area (Å²) >= 11 is 7.35. The van der Waals surface area contributed by atoms with Crippen LogP contribution in [-0.4, -0.2) is 13.4 Å². The van der Waals surface area contributed by atoms with Crippen LogP contribution < -0.4 is 10.0 Å². The van der Waals surface area contributed by atoms with Crippen molar-refractivity contribution >= 4 is 49.5 Å². The predicted octanol–water partition coefficient (Wildman–Crippen LogP) is 4.65. The van der Waals surface area contributed by atoms with E-state index in [9.17, 15) is 8.42 Å². The van der Waals surface area contributed by atoms with Crippen LogP contribution in [0.3, 0.4) is 0 Å². The topological polar surface area (TPSA) is 71.1 Å². The van der Waals surface area contributed by atoms with Gasteiger partial charge in [0.05, 0.1) is 16.3 Å². The molecule has 8 heteroatoms. The first-order chi connectivity index (χ1) is 11.4. The van der Waals surface area contributed by atoms with Gasteiger partial charge in [-0.15, -0.1) is 11.3 Å². The van der Waals surface area contributed by atoms with Gasteiger partial charge in [-0.05, 0) is 43.3 Å². The number of anilines is 3. The van der Waals surface area contributed by atoms with E-state index in [1.54, 1.807) is 30.3 Å². The smallest absolute Gasteiger partial charge is 0.261 e. The summed E-state index contributed by atoms with van der Waals surface area (Å²) in [6.45, 7) is 1.91. The van der Waals surface area contributed by atoms with Gasteiger partial charge < -0.3 is 5.32 Å². The lowest BCUT2D eigenvalue weighted by atomic mass is 10.3. The molecule has 1 heterocycles. The Hall–Kier alpha value is -2.09. The van der Waals surface area contributed by atoms with E-state index in [2.05, 4.69) is 15.0 Å². The number of hydrogen-bond acceptors (Lipinski definition) is 5. The molecule has 124 valence electrons. The van der Waals surface area contributed by atoms with Crippen molar-refractivity contribution in [3.05, 3.63) is 64.6 Å². The Balaban J connectivity index is 1.81. The maximum atomic E-state index is 12.4. The Bertz CT molecular complexity index is 971. The van der Waals surface area contributed by atoms with Gasteiger partial charge in [0.1, 0.15) is 0 Å². The van der Waals surface area contributed by atoms with Crippen molar-refractivity contribution in [2.45, 2.75) is 11.8 Å². The minimum absolute atomic E-state index is 0.115. The standard InChI is InChI=1S/C16H14ClN3O2S2/c1-11-10-23-16(18-11)19-13-5-3-6-14(9-13)20-24(21,22)15-7-2-4-12(17)8-15/h2-10,20H,1H3,(H,18,19). The van der Waals surface area contributed by atoms with Gasteiger partial charge in [-0.1, -0.05) is 23.7 Å². The number of thiazole rings is 1. The summed E-state index contributed by atoms with van der Waals surface area (Å²) in [5.74, 6) is 0. The Morgan fingerprint density at radius 2 is 1.83 bits per heavy atom. The van der Waals surface area contributed by atoms with E-state index in [1.807, 2.05) is 18.4 Å². The lowest BCUT2D eigenvalue weighted by Crippen LogP contribution is -2.12. The first-order valence-corrected chi connectivity index (χ1v) is 9.74. The summed E-state index contributed by atoms with van der Waals surface area (Å²) in [4.78, 5) is 4.44. The molecule has 0 radical (unpaired) electrons. The number of halogens is 1. The number of rotatable bonds is 5. The van der Waals surface area contributed by atoms with Crippen molar-refractivity contribution in [1.82, 2.24) is 4.98 Å². The van der Waals surface area contributed by atoms with E-state index >= 15 is 0 Å². The molecular formula is C16H14ClN3O2S2. The fourth-order valence-electron chi connectivity index (χ4n) is 2.04. The molecule has 0 aliphatic heterocycles. The van der Waals surface area contributed by atoms with Crippen LogP contribution in [0.2, 0.25) is 5.02 Å². The Labute approximate surface area is 149 Å². The van der Waals surface area contributed by atoms with Crippen molar-refractivity contribution in [2.75, 3.05) is 10.0 Å². The van der Waals surface area contributed by atoms with Gasteiger partial charge in [-0.2, -0.15) is 0 Å². The second kappa shape index (κ2) is 6.80. The van der Waals surface area contributed by atoms with Crippen molar-refractivity contribution in [3.8, 4) is 0 Å². The third kappa shape index (κ3) is 4.05. The van der Waals surface area contributed by atoms with Gasteiger partial charge in [0.2, 0.25) is 0 Å². The summed E-state index contributed by atoms with van der Waals surface area (Å²) in [5, 5.41) is 6.21. The third-order valence-corrected chi connectivity index (χ3v) is 5.58. The zero-order chi connectivity index (χ0) is 17.2. The second-order valence-corrected chi connectivity index (χ2v) is 8.04. The van der Waals surface area contributed by atoms with Crippen LogP contribution in [0.4, 0.5) is 16.5 Å². The summed E-state index contributed by atoms with van der Waals surface area (Å²) in [7, 11) is -3.70. The summed E-state index contributed by atoms with van der Waals surface area (Å²) in [6, 6.07) is 13.1. The van der Waals surface area contributed by atoms with E-state index in [-0.39, 0.29) is 4.90 Å². The molecule has 0 saturated carbocycles. The number of nitrogens with zero attached hydrogens (tertiary/aromatic N) is 1. The first kappa shape index (κ1) is 16.8. The van der Waals surface area contributed by atoms with Crippen molar-refractivity contribution in [2.24, 2.45) is 0 Å². The van der Waals surface area contributed by atoms with E-state index < -0.39 is 10.0 Å². The molecule has 24 heavy (non-hydrogen) atoms. The monoisotopic (exact) mass is 379 g/mol. The summed E-state index contributed by atoms with van der Waals surface area (Å²) < 4.78 is 27.4. The number of hydrogen-bond donors (Lipinski definition) is 2. The van der Waals surface area contributed by atoms with Crippen molar-refractivity contribution in [3.63, 3.8) is 0 Å². The van der Waals surface area contributed by atoms with Crippen molar-refractivity contribution < 1.29 is 8.42 Å². The average molecular weight is 380 g/mol. The van der Waals surface area contributed by atoms with Gasteiger partial charge in [-0.25, -0.2) is 13.4 Å². The van der Waals surface area contributed by atoms with Crippen molar-refractivity contribution in [1.29, 1.82) is 0 Å². The molecule has 0 atom stereocenters. The number of benzene rings is 2. The van der Waals surface area contributed by atoms with Gasteiger partial charge in [0.15, 0.2) is 5.13 Å². The fraction of sp³-hybridized carbons (Fsp3) is 0.0625. The highest BCUT2D eigenvalue weighted by Gasteiger charge is 2.14. The largest absolute Gasteiger partial charge is 0.331 e. The van der Waals surface area contributed by atoms with E-state index in [0.717, 1.165) is 16.5 Å². The SMILES string of the molecule is Cc1csc(Nc2cccc(NS(=O)(=O)c3cccc(Cl)c3)c2)n1. The molecule has 5 nitrogen and oxygen atoms in total. The molecule has 0 unspecified atom stereocenters. The van der Waals surface area contributed by atoms with E-state index in [4.69, 9.17) is 11.6 Å². The van der Waals surface area contributed by atoms with Crippen LogP contribution in [0.25, 0.3) is 0 Å². The molecule has 0 fully saturated rings. The summed E-state index contributed by atoms with van der Waals surface area (Å²) in [6.07, 6.45) is 0. The quantitative estimate of drug-likeness (QED) is 0.676. The zero-order valence-corrected chi connectivity index (χ0v) is 15.0. The minimum Gasteiger partial charge on any atom is -0.331 e. The molecule has 0 aliphatic rings. The molecule has 0 saturated heterocycles. The van der Waals surface area contributed by atoms with Gasteiger partial charge in [0, 0.05) is 16.1 Å². The molecule has 1 aromatic heterocycles. The number of sulfonamides is 1. The van der Waals surface area contributed by atoms with Crippen LogP contribution >= 0.6 is 22.9 Å². The number of aromatic nitrogens is 1. The lowest BCUT2D eigenvalue weighted by Gasteiger charge is -2.10. The Kier molecular flexibility index (Phi) is 4.75. The predicted molar refractivity (Wildman–Crippen MR) is 98.8 cm³/mol. The van der Waals surface area contributed by atoms with E-state index in [0.29, 0.717) is 10.7 Å². The Morgan fingerprint density at radius 3 is 2.54 bits per heavy atom. The van der Waals surface area contributed by atoms with Crippen LogP contribution in [0.15, 0.2) is 58.8 Å². The highest BCUT2D eigenvalue weighted by atomic mass is 35.5. The Morgan fingerprint density at radius 1 is 1.08 bits per heavy atom. The lowest BCUT2D eigenvalue weighted by molar-refractivity contribution is 0.601. The molecule has 0 amide bonds. The molecule has 0 spiro atoms. The molecule has 3 rings (SSSR count). The first-order valence-electron chi connectivity index (χ1n) is 7.00. The van der Waals surface area contributed by atoms with Crippen LogP contribution in [0, 0.1) is 6.92 Å². The summed E-state index contributed by atoms with van der Waals surface area (Å²) in [5.41, 5.74) is 2.13. The molecule has 0 bridgehead atoms. The third-order valence-electron chi connectivity index (χ3n) is 3.09. The highest BCUT2D eigenvalue weighted by molar-refractivity contribution is 7.92. The number of aryl methyl sites for hydroxylation is 1. The van der Waals surface area contributed by atoms with Crippen LogP contribution in [0.1, 0.15) is 5.69 Å². The van der Waals surface area contributed by atoms with Gasteiger partial charge in [-0.3, -0.25) is 4.72 Å². The fourth-order valence-corrected chi connectivity index (χ4v) is 4.10. The average Bonchev–Trinajstić information content (AvgIpc) is 2.92. The molecule has 3 aromatic rings. The van der Waals surface area contributed by atoms with Gasteiger partial charge in [0.25, 0.3) is 10.0 Å². The second-order valence-electron chi connectivity index (χ2n) is 5.06. The molecule has 0 aliphatic carbocycles. The molecule has 2 aromatic carbocycles. The maximum Gasteiger partial charge on any atom is 0.261 e. The zero-order valence-electron chi connectivity index (χ0n) is 12.7. The maximum absolute atomic E-state index is 12.4. The van der Waals surface area contributed by atoms with E-state index in [1.165, 1.54) is 23.5 Å². The molecule has 2 N–H and O–H groups in total. The normalized spacial score (nSPS) is 11.2.